The SMILES string of the molecule is CCCCC(=O)Nc1nc(CN2CCCCC2)cs1. The molecule has 0 unspecified atom stereocenters. The van der Waals surface area contributed by atoms with Crippen molar-refractivity contribution in [3.8, 4) is 0 Å². The third kappa shape index (κ3) is 4.91. The minimum atomic E-state index is 0.0840. The lowest BCUT2D eigenvalue weighted by molar-refractivity contribution is -0.116. The smallest absolute Gasteiger partial charge is 0.226 e. The van der Waals surface area contributed by atoms with E-state index < -0.39 is 0 Å². The predicted molar refractivity (Wildman–Crippen MR) is 79.4 cm³/mol. The molecule has 1 aromatic rings. The Hall–Kier alpha value is -0.940. The molecule has 0 atom stereocenters. The van der Waals surface area contributed by atoms with E-state index in [0.717, 1.165) is 30.2 Å². The van der Waals surface area contributed by atoms with Crippen LogP contribution in [0, 0.1) is 0 Å². The molecule has 1 aromatic heterocycles. The molecule has 2 rings (SSSR count). The lowest BCUT2D eigenvalue weighted by Gasteiger charge is -2.25. The fourth-order valence-corrected chi connectivity index (χ4v) is 3.02. The molecular weight excluding hydrogens is 258 g/mol. The number of thiazole rings is 1. The molecule has 1 aliphatic heterocycles. The van der Waals surface area contributed by atoms with E-state index in [0.29, 0.717) is 6.42 Å². The first-order chi connectivity index (χ1) is 9.28. The number of hydrogen-bond acceptors (Lipinski definition) is 4. The Morgan fingerprint density at radius 3 is 2.95 bits per heavy atom. The first-order valence-electron chi connectivity index (χ1n) is 7.24. The van der Waals surface area contributed by atoms with Crippen LogP contribution in [0.1, 0.15) is 51.1 Å². The molecule has 5 heteroatoms. The normalized spacial score (nSPS) is 16.5. The number of piperidine rings is 1. The van der Waals surface area contributed by atoms with Gasteiger partial charge in [0, 0.05) is 18.3 Å². The van der Waals surface area contributed by atoms with Crippen molar-refractivity contribution in [2.45, 2.75) is 52.0 Å². The van der Waals surface area contributed by atoms with Crippen molar-refractivity contribution in [2.75, 3.05) is 18.4 Å². The highest BCUT2D eigenvalue weighted by Crippen LogP contribution is 2.19. The van der Waals surface area contributed by atoms with Crippen LogP contribution < -0.4 is 5.32 Å². The van der Waals surface area contributed by atoms with E-state index in [4.69, 9.17) is 0 Å². The Bertz CT molecular complexity index is 399. The number of unbranched alkanes of at least 4 members (excludes halogenated alkanes) is 1. The summed E-state index contributed by atoms with van der Waals surface area (Å²) in [5.74, 6) is 0.0840. The van der Waals surface area contributed by atoms with Crippen LogP contribution in [-0.2, 0) is 11.3 Å². The second-order valence-corrected chi connectivity index (χ2v) is 5.99. The van der Waals surface area contributed by atoms with Gasteiger partial charge >= 0.3 is 0 Å². The third-order valence-electron chi connectivity index (χ3n) is 3.39. The molecule has 1 saturated heterocycles. The van der Waals surface area contributed by atoms with Gasteiger partial charge in [-0.05, 0) is 32.4 Å². The Kier molecular flexibility index (Phi) is 5.79. The maximum absolute atomic E-state index is 11.6. The minimum Gasteiger partial charge on any atom is -0.302 e. The maximum Gasteiger partial charge on any atom is 0.226 e. The zero-order valence-corrected chi connectivity index (χ0v) is 12.5. The standard InChI is InChI=1S/C14H23N3OS/c1-2-3-7-13(18)16-14-15-12(11-19-14)10-17-8-5-4-6-9-17/h11H,2-10H2,1H3,(H,15,16,18). The monoisotopic (exact) mass is 281 g/mol. The number of carbonyl (C=O) groups excluding carboxylic acids is 1. The van der Waals surface area contributed by atoms with Crippen LogP contribution in [-0.4, -0.2) is 28.9 Å². The number of nitrogens with zero attached hydrogens (tertiary/aromatic N) is 2. The van der Waals surface area contributed by atoms with E-state index in [9.17, 15) is 4.79 Å². The summed E-state index contributed by atoms with van der Waals surface area (Å²) in [6, 6.07) is 0. The van der Waals surface area contributed by atoms with Gasteiger partial charge in [0.15, 0.2) is 5.13 Å². The Morgan fingerprint density at radius 2 is 2.21 bits per heavy atom. The lowest BCUT2D eigenvalue weighted by atomic mass is 10.1. The summed E-state index contributed by atoms with van der Waals surface area (Å²) in [7, 11) is 0. The van der Waals surface area contributed by atoms with Crippen molar-refractivity contribution in [1.82, 2.24) is 9.88 Å². The lowest BCUT2D eigenvalue weighted by Crippen LogP contribution is -2.29. The van der Waals surface area contributed by atoms with Gasteiger partial charge in [-0.2, -0.15) is 0 Å². The summed E-state index contributed by atoms with van der Waals surface area (Å²) in [6.45, 7) is 5.36. The van der Waals surface area contributed by atoms with Gasteiger partial charge in [-0.1, -0.05) is 19.8 Å². The van der Waals surface area contributed by atoms with Gasteiger partial charge < -0.3 is 5.32 Å². The number of rotatable bonds is 6. The Balaban J connectivity index is 1.79. The number of carbonyl (C=O) groups is 1. The van der Waals surface area contributed by atoms with Gasteiger partial charge in [0.05, 0.1) is 5.69 Å². The predicted octanol–water partition coefficient (Wildman–Crippen LogP) is 3.26. The van der Waals surface area contributed by atoms with E-state index in [1.807, 2.05) is 0 Å². The molecule has 2 heterocycles. The average Bonchev–Trinajstić information content (AvgIpc) is 2.85. The van der Waals surface area contributed by atoms with E-state index in [2.05, 4.69) is 27.5 Å². The second kappa shape index (κ2) is 7.60. The van der Waals surface area contributed by atoms with Gasteiger partial charge in [0.25, 0.3) is 0 Å². The van der Waals surface area contributed by atoms with Crippen molar-refractivity contribution in [3.05, 3.63) is 11.1 Å². The number of amides is 1. The number of nitrogens with one attached hydrogen (secondary N) is 1. The van der Waals surface area contributed by atoms with Gasteiger partial charge in [-0.15, -0.1) is 11.3 Å². The molecule has 1 aliphatic rings. The van der Waals surface area contributed by atoms with Crippen LogP contribution in [0.5, 0.6) is 0 Å². The molecule has 0 spiro atoms. The van der Waals surface area contributed by atoms with E-state index in [-0.39, 0.29) is 5.91 Å². The van der Waals surface area contributed by atoms with Crippen LogP contribution in [0.3, 0.4) is 0 Å². The van der Waals surface area contributed by atoms with Crippen LogP contribution >= 0.6 is 11.3 Å². The number of anilines is 1. The zero-order chi connectivity index (χ0) is 13.5. The summed E-state index contributed by atoms with van der Waals surface area (Å²) in [4.78, 5) is 18.6. The molecule has 1 N–H and O–H groups in total. The summed E-state index contributed by atoms with van der Waals surface area (Å²) >= 11 is 1.53. The quantitative estimate of drug-likeness (QED) is 0.870. The molecule has 4 nitrogen and oxygen atoms in total. The van der Waals surface area contributed by atoms with Crippen LogP contribution in [0.15, 0.2) is 5.38 Å². The van der Waals surface area contributed by atoms with Crippen molar-refractivity contribution in [2.24, 2.45) is 0 Å². The highest BCUT2D eigenvalue weighted by Gasteiger charge is 2.13. The average molecular weight is 281 g/mol. The van der Waals surface area contributed by atoms with Crippen LogP contribution in [0.4, 0.5) is 5.13 Å². The first kappa shape index (κ1) is 14.5. The topological polar surface area (TPSA) is 45.2 Å². The first-order valence-corrected chi connectivity index (χ1v) is 8.12. The molecule has 106 valence electrons. The van der Waals surface area contributed by atoms with Gasteiger partial charge in [-0.25, -0.2) is 4.98 Å². The Morgan fingerprint density at radius 1 is 1.42 bits per heavy atom. The van der Waals surface area contributed by atoms with Crippen molar-refractivity contribution < 1.29 is 4.79 Å². The van der Waals surface area contributed by atoms with Crippen molar-refractivity contribution in [3.63, 3.8) is 0 Å². The molecule has 1 amide bonds. The highest BCUT2D eigenvalue weighted by molar-refractivity contribution is 7.13. The number of likely N-dealkylation sites (tertiary alicyclic amines) is 1. The van der Waals surface area contributed by atoms with Crippen molar-refractivity contribution >= 4 is 22.4 Å². The highest BCUT2D eigenvalue weighted by atomic mass is 32.1. The van der Waals surface area contributed by atoms with Gasteiger partial charge in [0.2, 0.25) is 5.91 Å². The fourth-order valence-electron chi connectivity index (χ4n) is 2.30. The number of hydrogen-bond donors (Lipinski definition) is 1. The minimum absolute atomic E-state index is 0.0840. The van der Waals surface area contributed by atoms with Gasteiger partial charge in [0.1, 0.15) is 0 Å². The zero-order valence-electron chi connectivity index (χ0n) is 11.7. The van der Waals surface area contributed by atoms with E-state index >= 15 is 0 Å². The largest absolute Gasteiger partial charge is 0.302 e. The Labute approximate surface area is 119 Å². The van der Waals surface area contributed by atoms with Crippen LogP contribution in [0.25, 0.3) is 0 Å². The molecule has 0 saturated carbocycles. The molecule has 0 aliphatic carbocycles. The molecule has 0 aromatic carbocycles. The second-order valence-electron chi connectivity index (χ2n) is 5.13. The molecule has 0 radical (unpaired) electrons. The van der Waals surface area contributed by atoms with E-state index in [1.165, 1.54) is 43.7 Å². The van der Waals surface area contributed by atoms with Gasteiger partial charge in [-0.3, -0.25) is 9.69 Å². The molecule has 19 heavy (non-hydrogen) atoms. The number of aromatic nitrogens is 1. The van der Waals surface area contributed by atoms with Crippen LogP contribution in [0.2, 0.25) is 0 Å². The molecular formula is C14H23N3OS. The summed E-state index contributed by atoms with van der Waals surface area (Å²) in [5, 5.41) is 5.69. The fraction of sp³-hybridized carbons (Fsp3) is 0.714. The summed E-state index contributed by atoms with van der Waals surface area (Å²) < 4.78 is 0. The summed E-state index contributed by atoms with van der Waals surface area (Å²) in [6.07, 6.45) is 6.53. The maximum atomic E-state index is 11.6. The molecule has 0 bridgehead atoms. The van der Waals surface area contributed by atoms with E-state index in [1.54, 1.807) is 0 Å². The molecule has 1 fully saturated rings. The summed E-state index contributed by atoms with van der Waals surface area (Å²) in [5.41, 5.74) is 1.08. The van der Waals surface area contributed by atoms with Crippen molar-refractivity contribution in [1.29, 1.82) is 0 Å². The third-order valence-corrected chi connectivity index (χ3v) is 4.20.